The van der Waals surface area contributed by atoms with Gasteiger partial charge in [0.15, 0.2) is 0 Å². The molecule has 2 fully saturated rings. The third-order valence-corrected chi connectivity index (χ3v) is 5.09. The van der Waals surface area contributed by atoms with Gasteiger partial charge in [-0.25, -0.2) is 0 Å². The van der Waals surface area contributed by atoms with Crippen LogP contribution in [0.2, 0.25) is 0 Å². The summed E-state index contributed by atoms with van der Waals surface area (Å²) >= 11 is 0. The summed E-state index contributed by atoms with van der Waals surface area (Å²) in [6.45, 7) is 7.01. The quantitative estimate of drug-likeness (QED) is 0.845. The molecule has 0 spiro atoms. The summed E-state index contributed by atoms with van der Waals surface area (Å²) in [4.78, 5) is 0. The molecule has 3 rings (SSSR count). The topological polar surface area (TPSA) is 12.0 Å². The van der Waals surface area contributed by atoms with Gasteiger partial charge in [0.25, 0.3) is 0 Å². The van der Waals surface area contributed by atoms with Crippen LogP contribution in [0.3, 0.4) is 0 Å². The number of hydrogen-bond donors (Lipinski definition) is 1. The molecule has 1 N–H and O–H groups in total. The van der Waals surface area contributed by atoms with Crippen LogP contribution in [0.25, 0.3) is 0 Å². The Bertz CT molecular complexity index is 443. The molecule has 104 valence electrons. The number of nitrogens with one attached hydrogen (secondary N) is 1. The van der Waals surface area contributed by atoms with Crippen LogP contribution in [0, 0.1) is 12.3 Å². The van der Waals surface area contributed by atoms with Crippen molar-refractivity contribution in [1.29, 1.82) is 0 Å². The number of benzene rings is 1. The summed E-state index contributed by atoms with van der Waals surface area (Å²) < 4.78 is 0. The standard InChI is InChI=1S/C18H27N/c1-13-5-4-6-14(9-13)15-10-17(11-15)19-16-7-8-18(2,3)12-16/h4-6,9,15-17,19H,7-8,10-12H2,1-3H3. The molecule has 0 heterocycles. The van der Waals surface area contributed by atoms with Gasteiger partial charge in [0.2, 0.25) is 0 Å². The molecule has 19 heavy (non-hydrogen) atoms. The maximum absolute atomic E-state index is 3.89. The summed E-state index contributed by atoms with van der Waals surface area (Å²) in [7, 11) is 0. The Hall–Kier alpha value is -0.820. The highest BCUT2D eigenvalue weighted by molar-refractivity contribution is 5.27. The van der Waals surface area contributed by atoms with Gasteiger partial charge >= 0.3 is 0 Å². The SMILES string of the molecule is Cc1cccc(C2CC(NC3CCC(C)(C)C3)C2)c1. The van der Waals surface area contributed by atoms with Crippen LogP contribution in [0.5, 0.6) is 0 Å². The number of hydrogen-bond acceptors (Lipinski definition) is 1. The van der Waals surface area contributed by atoms with Crippen LogP contribution >= 0.6 is 0 Å². The molecule has 0 saturated heterocycles. The van der Waals surface area contributed by atoms with Crippen LogP contribution in [0.1, 0.15) is 63.0 Å². The van der Waals surface area contributed by atoms with Gasteiger partial charge in [0.05, 0.1) is 0 Å². The molecule has 2 saturated carbocycles. The van der Waals surface area contributed by atoms with Crippen molar-refractivity contribution in [2.24, 2.45) is 5.41 Å². The molecular formula is C18H27N. The van der Waals surface area contributed by atoms with Gasteiger partial charge in [-0.2, -0.15) is 0 Å². The second kappa shape index (κ2) is 4.94. The molecule has 0 amide bonds. The van der Waals surface area contributed by atoms with Gasteiger partial charge in [-0.05, 0) is 55.9 Å². The Morgan fingerprint density at radius 3 is 2.58 bits per heavy atom. The lowest BCUT2D eigenvalue weighted by molar-refractivity contribution is 0.256. The second-order valence-corrected chi connectivity index (χ2v) is 7.55. The highest BCUT2D eigenvalue weighted by Gasteiger charge is 2.36. The van der Waals surface area contributed by atoms with Crippen LogP contribution in [-0.4, -0.2) is 12.1 Å². The zero-order valence-electron chi connectivity index (χ0n) is 12.6. The molecule has 1 atom stereocenters. The second-order valence-electron chi connectivity index (χ2n) is 7.55. The lowest BCUT2D eigenvalue weighted by Crippen LogP contribution is -2.44. The fourth-order valence-electron chi connectivity index (χ4n) is 3.86. The van der Waals surface area contributed by atoms with E-state index in [4.69, 9.17) is 0 Å². The van der Waals surface area contributed by atoms with Crippen molar-refractivity contribution in [2.45, 2.75) is 70.9 Å². The molecular weight excluding hydrogens is 230 g/mol. The Kier molecular flexibility index (Phi) is 3.42. The van der Waals surface area contributed by atoms with Crippen molar-refractivity contribution in [1.82, 2.24) is 5.32 Å². The summed E-state index contributed by atoms with van der Waals surface area (Å²) in [6, 6.07) is 10.6. The molecule has 1 aromatic rings. The summed E-state index contributed by atoms with van der Waals surface area (Å²) in [6.07, 6.45) is 6.79. The van der Waals surface area contributed by atoms with E-state index in [0.29, 0.717) is 5.41 Å². The van der Waals surface area contributed by atoms with E-state index in [9.17, 15) is 0 Å². The smallest absolute Gasteiger partial charge is 0.00813 e. The Labute approximate surface area is 117 Å². The maximum Gasteiger partial charge on any atom is 0.00813 e. The van der Waals surface area contributed by atoms with Crippen molar-refractivity contribution < 1.29 is 0 Å². The molecule has 0 aliphatic heterocycles. The molecule has 1 nitrogen and oxygen atoms in total. The minimum atomic E-state index is 0.567. The fourth-order valence-corrected chi connectivity index (χ4v) is 3.86. The normalized spacial score (nSPS) is 33.1. The summed E-state index contributed by atoms with van der Waals surface area (Å²) in [5.74, 6) is 0.798. The van der Waals surface area contributed by atoms with E-state index in [2.05, 4.69) is 50.4 Å². The van der Waals surface area contributed by atoms with E-state index >= 15 is 0 Å². The first kappa shape index (κ1) is 13.2. The first-order valence-electron chi connectivity index (χ1n) is 7.84. The van der Waals surface area contributed by atoms with Crippen molar-refractivity contribution in [3.8, 4) is 0 Å². The van der Waals surface area contributed by atoms with Gasteiger partial charge in [0, 0.05) is 12.1 Å². The predicted molar refractivity (Wildman–Crippen MR) is 81.5 cm³/mol. The minimum Gasteiger partial charge on any atom is -0.311 e. The van der Waals surface area contributed by atoms with Crippen molar-refractivity contribution in [3.05, 3.63) is 35.4 Å². The first-order valence-corrected chi connectivity index (χ1v) is 7.84. The molecule has 0 aromatic heterocycles. The molecule has 1 heteroatoms. The highest BCUT2D eigenvalue weighted by atomic mass is 15.0. The number of rotatable bonds is 3. The van der Waals surface area contributed by atoms with E-state index < -0.39 is 0 Å². The van der Waals surface area contributed by atoms with Crippen LogP contribution in [0.15, 0.2) is 24.3 Å². The Morgan fingerprint density at radius 1 is 1.16 bits per heavy atom. The molecule has 0 bridgehead atoms. The van der Waals surface area contributed by atoms with Crippen molar-refractivity contribution in [3.63, 3.8) is 0 Å². The molecule has 1 unspecified atom stereocenters. The monoisotopic (exact) mass is 257 g/mol. The highest BCUT2D eigenvalue weighted by Crippen LogP contribution is 2.41. The zero-order valence-corrected chi connectivity index (χ0v) is 12.6. The summed E-state index contributed by atoms with van der Waals surface area (Å²) in [5, 5.41) is 3.89. The molecule has 2 aliphatic rings. The van der Waals surface area contributed by atoms with Crippen LogP contribution < -0.4 is 5.32 Å². The first-order chi connectivity index (χ1) is 9.02. The van der Waals surface area contributed by atoms with Gasteiger partial charge in [0.1, 0.15) is 0 Å². The van der Waals surface area contributed by atoms with Crippen LogP contribution in [-0.2, 0) is 0 Å². The average Bonchev–Trinajstić information content (AvgIpc) is 2.63. The Balaban J connectivity index is 1.48. The van der Waals surface area contributed by atoms with E-state index in [1.54, 1.807) is 5.56 Å². The molecule has 0 radical (unpaired) electrons. The van der Waals surface area contributed by atoms with Crippen molar-refractivity contribution in [2.75, 3.05) is 0 Å². The number of aryl methyl sites for hydroxylation is 1. The van der Waals surface area contributed by atoms with Gasteiger partial charge in [-0.1, -0.05) is 43.7 Å². The lowest BCUT2D eigenvalue weighted by atomic mass is 9.75. The Morgan fingerprint density at radius 2 is 1.95 bits per heavy atom. The van der Waals surface area contributed by atoms with Gasteiger partial charge in [-0.3, -0.25) is 0 Å². The van der Waals surface area contributed by atoms with Gasteiger partial charge in [-0.15, -0.1) is 0 Å². The average molecular weight is 257 g/mol. The maximum atomic E-state index is 3.89. The molecule has 1 aromatic carbocycles. The fraction of sp³-hybridized carbons (Fsp3) is 0.667. The minimum absolute atomic E-state index is 0.567. The van der Waals surface area contributed by atoms with E-state index in [1.165, 1.54) is 37.7 Å². The third kappa shape index (κ3) is 3.02. The van der Waals surface area contributed by atoms with E-state index in [1.807, 2.05) is 0 Å². The zero-order chi connectivity index (χ0) is 13.5. The largest absolute Gasteiger partial charge is 0.311 e. The van der Waals surface area contributed by atoms with E-state index in [-0.39, 0.29) is 0 Å². The summed E-state index contributed by atoms with van der Waals surface area (Å²) in [5.41, 5.74) is 3.51. The third-order valence-electron chi connectivity index (χ3n) is 5.09. The van der Waals surface area contributed by atoms with E-state index in [0.717, 1.165) is 18.0 Å². The lowest BCUT2D eigenvalue weighted by Gasteiger charge is -2.38. The van der Waals surface area contributed by atoms with Crippen molar-refractivity contribution >= 4 is 0 Å². The molecule has 2 aliphatic carbocycles. The van der Waals surface area contributed by atoms with Gasteiger partial charge < -0.3 is 5.32 Å². The van der Waals surface area contributed by atoms with Crippen LogP contribution in [0.4, 0.5) is 0 Å². The predicted octanol–water partition coefficient (Wildman–Crippen LogP) is 4.41.